The first-order valence-corrected chi connectivity index (χ1v) is 5.69. The Morgan fingerprint density at radius 1 is 1.56 bits per heavy atom. The number of likely N-dealkylation sites (N-methyl/N-ethyl adjacent to an activating group) is 1. The SMILES string of the molecule is CNC(Cc1c[nH]c2ccc(OC)cc12)C(=O)O. The molecule has 0 spiro atoms. The summed E-state index contributed by atoms with van der Waals surface area (Å²) in [6.07, 6.45) is 2.27. The monoisotopic (exact) mass is 248 g/mol. The van der Waals surface area contributed by atoms with Gasteiger partial charge in [-0.3, -0.25) is 4.79 Å². The molecule has 0 aliphatic heterocycles. The highest BCUT2D eigenvalue weighted by Gasteiger charge is 2.17. The molecule has 18 heavy (non-hydrogen) atoms. The molecule has 0 amide bonds. The fourth-order valence-electron chi connectivity index (χ4n) is 1.99. The van der Waals surface area contributed by atoms with Crippen LogP contribution in [0.15, 0.2) is 24.4 Å². The number of hydrogen-bond donors (Lipinski definition) is 3. The van der Waals surface area contributed by atoms with Gasteiger partial charge in [0.2, 0.25) is 0 Å². The third-order valence-electron chi connectivity index (χ3n) is 3.05. The van der Waals surface area contributed by atoms with Crippen LogP contribution in [0, 0.1) is 0 Å². The molecule has 0 aliphatic rings. The van der Waals surface area contributed by atoms with Crippen molar-refractivity contribution >= 4 is 16.9 Å². The number of fused-ring (bicyclic) bond motifs is 1. The van der Waals surface area contributed by atoms with Crippen molar-refractivity contribution in [3.8, 4) is 5.75 Å². The highest BCUT2D eigenvalue weighted by atomic mass is 16.5. The molecule has 5 nitrogen and oxygen atoms in total. The Hall–Kier alpha value is -2.01. The number of carboxylic acid groups (broad SMARTS) is 1. The largest absolute Gasteiger partial charge is 0.497 e. The van der Waals surface area contributed by atoms with Gasteiger partial charge in [-0.15, -0.1) is 0 Å². The molecule has 0 radical (unpaired) electrons. The molecular formula is C13H16N2O3. The summed E-state index contributed by atoms with van der Waals surface area (Å²) in [6, 6.07) is 5.12. The van der Waals surface area contributed by atoms with Gasteiger partial charge >= 0.3 is 5.97 Å². The van der Waals surface area contributed by atoms with E-state index in [1.54, 1.807) is 14.2 Å². The number of carbonyl (C=O) groups is 1. The van der Waals surface area contributed by atoms with E-state index in [1.807, 2.05) is 24.4 Å². The molecule has 1 aromatic heterocycles. The lowest BCUT2D eigenvalue weighted by Crippen LogP contribution is -2.35. The molecule has 0 bridgehead atoms. The highest BCUT2D eigenvalue weighted by molar-refractivity contribution is 5.85. The number of H-pyrrole nitrogens is 1. The molecule has 0 aliphatic carbocycles. The zero-order valence-corrected chi connectivity index (χ0v) is 10.4. The average Bonchev–Trinajstić information content (AvgIpc) is 2.77. The Kier molecular flexibility index (Phi) is 3.53. The van der Waals surface area contributed by atoms with Gasteiger partial charge < -0.3 is 20.1 Å². The quantitative estimate of drug-likeness (QED) is 0.747. The summed E-state index contributed by atoms with van der Waals surface area (Å²) in [5, 5.41) is 12.8. The normalized spacial score (nSPS) is 12.6. The van der Waals surface area contributed by atoms with Crippen LogP contribution in [0.1, 0.15) is 5.56 Å². The summed E-state index contributed by atoms with van der Waals surface area (Å²) < 4.78 is 5.18. The molecule has 2 aromatic rings. The van der Waals surface area contributed by atoms with Gasteiger partial charge in [0.1, 0.15) is 11.8 Å². The summed E-state index contributed by atoms with van der Waals surface area (Å²) in [5.74, 6) is -0.0885. The number of methoxy groups -OCH3 is 1. The fraction of sp³-hybridized carbons (Fsp3) is 0.308. The highest BCUT2D eigenvalue weighted by Crippen LogP contribution is 2.24. The Labute approximate surface area is 105 Å². The maximum Gasteiger partial charge on any atom is 0.321 e. The lowest BCUT2D eigenvalue weighted by atomic mass is 10.1. The van der Waals surface area contributed by atoms with Crippen molar-refractivity contribution in [2.45, 2.75) is 12.5 Å². The molecule has 2 rings (SSSR count). The van der Waals surface area contributed by atoms with Crippen LogP contribution in [0.5, 0.6) is 5.75 Å². The Bertz CT molecular complexity index is 562. The second-order valence-corrected chi connectivity index (χ2v) is 4.11. The van der Waals surface area contributed by atoms with E-state index < -0.39 is 12.0 Å². The van der Waals surface area contributed by atoms with E-state index in [0.717, 1.165) is 22.2 Å². The number of nitrogens with one attached hydrogen (secondary N) is 2. The first-order valence-electron chi connectivity index (χ1n) is 5.69. The van der Waals surface area contributed by atoms with Crippen molar-refractivity contribution in [3.63, 3.8) is 0 Å². The smallest absolute Gasteiger partial charge is 0.321 e. The maximum absolute atomic E-state index is 11.0. The van der Waals surface area contributed by atoms with Crippen LogP contribution < -0.4 is 10.1 Å². The zero-order chi connectivity index (χ0) is 13.1. The molecule has 96 valence electrons. The number of rotatable bonds is 5. The zero-order valence-electron chi connectivity index (χ0n) is 10.4. The van der Waals surface area contributed by atoms with Crippen molar-refractivity contribution in [2.75, 3.05) is 14.2 Å². The molecule has 0 fully saturated rings. The maximum atomic E-state index is 11.0. The molecule has 3 N–H and O–H groups in total. The van der Waals surface area contributed by atoms with Gasteiger partial charge in [-0.2, -0.15) is 0 Å². The molecule has 1 unspecified atom stereocenters. The minimum Gasteiger partial charge on any atom is -0.497 e. The predicted octanol–water partition coefficient (Wildman–Crippen LogP) is 1.39. The Balaban J connectivity index is 2.35. The Morgan fingerprint density at radius 2 is 2.33 bits per heavy atom. The van der Waals surface area contributed by atoms with Crippen LogP contribution in [-0.2, 0) is 11.2 Å². The summed E-state index contributed by atoms with van der Waals surface area (Å²) in [7, 11) is 3.26. The van der Waals surface area contributed by atoms with Crippen molar-refractivity contribution < 1.29 is 14.6 Å². The van der Waals surface area contributed by atoms with Gasteiger partial charge in [0.05, 0.1) is 7.11 Å². The van der Waals surface area contributed by atoms with Crippen molar-refractivity contribution in [3.05, 3.63) is 30.0 Å². The Morgan fingerprint density at radius 3 is 2.94 bits per heavy atom. The third-order valence-corrected chi connectivity index (χ3v) is 3.05. The number of aromatic nitrogens is 1. The summed E-state index contributed by atoms with van der Waals surface area (Å²) in [6.45, 7) is 0. The standard InChI is InChI=1S/C13H16N2O3/c1-14-12(13(16)17)5-8-7-15-11-4-3-9(18-2)6-10(8)11/h3-4,6-7,12,14-15H,5H2,1-2H3,(H,16,17). The van der Waals surface area contributed by atoms with Gasteiger partial charge in [0.15, 0.2) is 0 Å². The van der Waals surface area contributed by atoms with E-state index >= 15 is 0 Å². The second kappa shape index (κ2) is 5.10. The van der Waals surface area contributed by atoms with Crippen LogP contribution in [0.25, 0.3) is 10.9 Å². The van der Waals surface area contributed by atoms with Gasteiger partial charge in [-0.25, -0.2) is 0 Å². The number of carboxylic acids is 1. The molecule has 1 atom stereocenters. The summed E-state index contributed by atoms with van der Waals surface area (Å²) >= 11 is 0. The minimum absolute atomic E-state index is 0.430. The molecule has 5 heteroatoms. The number of ether oxygens (including phenoxy) is 1. The number of aliphatic carboxylic acids is 1. The van der Waals surface area contributed by atoms with Crippen LogP contribution in [0.4, 0.5) is 0 Å². The van der Waals surface area contributed by atoms with Crippen molar-refractivity contribution in [1.82, 2.24) is 10.3 Å². The minimum atomic E-state index is -0.852. The van der Waals surface area contributed by atoms with Crippen LogP contribution in [0.3, 0.4) is 0 Å². The lowest BCUT2D eigenvalue weighted by molar-refractivity contribution is -0.139. The summed E-state index contributed by atoms with van der Waals surface area (Å²) in [4.78, 5) is 14.2. The van der Waals surface area contributed by atoms with E-state index in [9.17, 15) is 4.79 Å². The number of benzene rings is 1. The predicted molar refractivity (Wildman–Crippen MR) is 69.0 cm³/mol. The van der Waals surface area contributed by atoms with E-state index in [4.69, 9.17) is 9.84 Å². The first-order chi connectivity index (χ1) is 8.65. The molecule has 1 heterocycles. The summed E-state index contributed by atoms with van der Waals surface area (Å²) in [5.41, 5.74) is 1.94. The first kappa shape index (κ1) is 12.4. The number of aromatic amines is 1. The van der Waals surface area contributed by atoms with Crippen molar-refractivity contribution in [2.24, 2.45) is 0 Å². The molecule has 1 aromatic carbocycles. The molecule has 0 saturated heterocycles. The average molecular weight is 248 g/mol. The topological polar surface area (TPSA) is 74.3 Å². The molecule has 0 saturated carbocycles. The van der Waals surface area contributed by atoms with Gasteiger partial charge in [0, 0.05) is 23.5 Å². The molecular weight excluding hydrogens is 232 g/mol. The van der Waals surface area contributed by atoms with E-state index in [-0.39, 0.29) is 0 Å². The van der Waals surface area contributed by atoms with Gasteiger partial charge in [-0.05, 0) is 30.8 Å². The third kappa shape index (κ3) is 2.31. The second-order valence-electron chi connectivity index (χ2n) is 4.11. The van der Waals surface area contributed by atoms with E-state index in [2.05, 4.69) is 10.3 Å². The van der Waals surface area contributed by atoms with Crippen LogP contribution in [-0.4, -0.2) is 36.3 Å². The van der Waals surface area contributed by atoms with E-state index in [0.29, 0.717) is 6.42 Å². The van der Waals surface area contributed by atoms with Crippen molar-refractivity contribution in [1.29, 1.82) is 0 Å². The van der Waals surface area contributed by atoms with Gasteiger partial charge in [-0.1, -0.05) is 0 Å². The van der Waals surface area contributed by atoms with Gasteiger partial charge in [0.25, 0.3) is 0 Å². The van der Waals surface area contributed by atoms with Crippen LogP contribution in [0.2, 0.25) is 0 Å². The fourth-order valence-corrected chi connectivity index (χ4v) is 1.99. The van der Waals surface area contributed by atoms with E-state index in [1.165, 1.54) is 0 Å². The lowest BCUT2D eigenvalue weighted by Gasteiger charge is -2.10. The van der Waals surface area contributed by atoms with Crippen LogP contribution >= 0.6 is 0 Å². The number of hydrogen-bond acceptors (Lipinski definition) is 3.